The molecular weight excluding hydrogens is 306 g/mol. The molecule has 2 aromatic heterocycles. The Morgan fingerprint density at radius 3 is 2.91 bits per heavy atom. The average molecular weight is 321 g/mol. The average Bonchev–Trinajstić information content (AvgIpc) is 3.01. The summed E-state index contributed by atoms with van der Waals surface area (Å²) in [6, 6.07) is 0.241. The van der Waals surface area contributed by atoms with Crippen LogP contribution in [-0.4, -0.2) is 31.6 Å². The molecule has 22 heavy (non-hydrogen) atoms. The van der Waals surface area contributed by atoms with Gasteiger partial charge in [0.2, 0.25) is 5.91 Å². The molecule has 0 unspecified atom stereocenters. The predicted molar refractivity (Wildman–Crippen MR) is 80.9 cm³/mol. The summed E-state index contributed by atoms with van der Waals surface area (Å²) in [5.41, 5.74) is 0.836. The number of thiazole rings is 1. The van der Waals surface area contributed by atoms with E-state index in [2.05, 4.69) is 10.1 Å². The van der Waals surface area contributed by atoms with E-state index >= 15 is 0 Å². The first-order chi connectivity index (χ1) is 10.5. The maximum absolute atomic E-state index is 12.5. The summed E-state index contributed by atoms with van der Waals surface area (Å²) in [5, 5.41) is 17.2. The van der Waals surface area contributed by atoms with Gasteiger partial charge in [-0.1, -0.05) is 0 Å². The van der Waals surface area contributed by atoms with E-state index in [0.717, 1.165) is 23.7 Å². The number of rotatable bonds is 6. The number of nitrogens with zero attached hydrogens (tertiary/aromatic N) is 5. The van der Waals surface area contributed by atoms with Gasteiger partial charge in [-0.25, -0.2) is 4.98 Å². The molecule has 8 nitrogen and oxygen atoms in total. The zero-order chi connectivity index (χ0) is 15.7. The van der Waals surface area contributed by atoms with Crippen molar-refractivity contribution in [3.8, 4) is 0 Å². The van der Waals surface area contributed by atoms with Crippen LogP contribution < -0.4 is 4.90 Å². The Kier molecular flexibility index (Phi) is 3.88. The summed E-state index contributed by atoms with van der Waals surface area (Å²) >= 11 is 1.47. The third kappa shape index (κ3) is 3.14. The molecule has 0 radical (unpaired) electrons. The summed E-state index contributed by atoms with van der Waals surface area (Å²) in [5.74, 6) is -0.0185. The molecule has 1 amide bonds. The second-order valence-electron chi connectivity index (χ2n) is 5.24. The van der Waals surface area contributed by atoms with Crippen molar-refractivity contribution in [2.75, 3.05) is 4.90 Å². The topological polar surface area (TPSA) is 94.2 Å². The van der Waals surface area contributed by atoms with Crippen molar-refractivity contribution in [2.45, 2.75) is 38.8 Å². The first-order valence-electron chi connectivity index (χ1n) is 6.95. The Hall–Kier alpha value is -2.29. The summed E-state index contributed by atoms with van der Waals surface area (Å²) in [6.07, 6.45) is 4.76. The van der Waals surface area contributed by atoms with Crippen LogP contribution in [0, 0.1) is 17.0 Å². The molecular formula is C13H15N5O3S. The number of carbonyl (C=O) groups excluding carboxylic acids is 1. The number of nitro groups is 1. The zero-order valence-electron chi connectivity index (χ0n) is 12.0. The van der Waals surface area contributed by atoms with Crippen LogP contribution in [0.3, 0.4) is 0 Å². The fourth-order valence-corrected chi connectivity index (χ4v) is 3.04. The zero-order valence-corrected chi connectivity index (χ0v) is 12.8. The van der Waals surface area contributed by atoms with Gasteiger partial charge in [0.25, 0.3) is 0 Å². The van der Waals surface area contributed by atoms with E-state index in [0.29, 0.717) is 6.54 Å². The van der Waals surface area contributed by atoms with E-state index in [4.69, 9.17) is 0 Å². The molecule has 3 rings (SSSR count). The van der Waals surface area contributed by atoms with Crippen LogP contribution in [0.5, 0.6) is 0 Å². The van der Waals surface area contributed by atoms with Crippen molar-refractivity contribution in [1.82, 2.24) is 14.8 Å². The Morgan fingerprint density at radius 1 is 1.59 bits per heavy atom. The number of carbonyl (C=O) groups is 1. The van der Waals surface area contributed by atoms with E-state index in [-0.39, 0.29) is 24.1 Å². The number of anilines is 1. The number of aromatic nitrogens is 3. The third-order valence-corrected chi connectivity index (χ3v) is 4.34. The molecule has 1 fully saturated rings. The van der Waals surface area contributed by atoms with Gasteiger partial charge >= 0.3 is 5.69 Å². The minimum absolute atomic E-state index is 0.0185. The van der Waals surface area contributed by atoms with Crippen LogP contribution >= 0.6 is 11.3 Å². The molecule has 0 spiro atoms. The molecule has 0 atom stereocenters. The van der Waals surface area contributed by atoms with Gasteiger partial charge in [-0.3, -0.25) is 24.5 Å². The van der Waals surface area contributed by atoms with Crippen LogP contribution in [0.2, 0.25) is 0 Å². The van der Waals surface area contributed by atoms with Crippen molar-refractivity contribution in [3.63, 3.8) is 0 Å². The van der Waals surface area contributed by atoms with E-state index in [1.165, 1.54) is 28.4 Å². The minimum atomic E-state index is -0.500. The Balaban J connectivity index is 1.65. The molecule has 1 aliphatic carbocycles. The van der Waals surface area contributed by atoms with Gasteiger partial charge in [-0.05, 0) is 19.8 Å². The monoisotopic (exact) mass is 321 g/mol. The highest BCUT2D eigenvalue weighted by atomic mass is 32.1. The lowest BCUT2D eigenvalue weighted by molar-refractivity contribution is -0.385. The summed E-state index contributed by atoms with van der Waals surface area (Å²) in [6.45, 7) is 2.22. The van der Waals surface area contributed by atoms with Gasteiger partial charge in [0.1, 0.15) is 12.4 Å². The molecule has 0 N–H and O–H groups in total. The normalized spacial score (nSPS) is 14.0. The quantitative estimate of drug-likeness (QED) is 0.600. The molecule has 9 heteroatoms. The molecule has 1 saturated carbocycles. The number of hydrogen-bond acceptors (Lipinski definition) is 6. The second-order valence-corrected chi connectivity index (χ2v) is 6.07. The molecule has 1 aliphatic rings. The summed E-state index contributed by atoms with van der Waals surface area (Å²) in [4.78, 5) is 28.7. The first kappa shape index (κ1) is 14.6. The van der Waals surface area contributed by atoms with Crippen molar-refractivity contribution >= 4 is 28.1 Å². The lowest BCUT2D eigenvalue weighted by Crippen LogP contribution is -2.33. The number of amides is 1. The lowest BCUT2D eigenvalue weighted by atomic mass is 10.3. The highest BCUT2D eigenvalue weighted by Crippen LogP contribution is 2.34. The van der Waals surface area contributed by atoms with Crippen LogP contribution in [0.1, 0.15) is 25.0 Å². The molecule has 0 aromatic carbocycles. The van der Waals surface area contributed by atoms with Gasteiger partial charge < -0.3 is 0 Å². The first-order valence-corrected chi connectivity index (χ1v) is 7.83. The SMILES string of the molecule is Cc1csc(N(C(=O)CCn2cc([N+](=O)[O-])cn2)C2CC2)n1. The second kappa shape index (κ2) is 5.84. The van der Waals surface area contributed by atoms with Crippen LogP contribution in [0.25, 0.3) is 0 Å². The largest absolute Gasteiger partial charge is 0.306 e. The van der Waals surface area contributed by atoms with Crippen molar-refractivity contribution in [2.24, 2.45) is 0 Å². The molecule has 0 bridgehead atoms. The fourth-order valence-electron chi connectivity index (χ4n) is 2.15. The minimum Gasteiger partial charge on any atom is -0.285 e. The smallest absolute Gasteiger partial charge is 0.285 e. The standard InChI is InChI=1S/C13H15N5O3S/c1-9-8-22-13(15-9)17(10-2-3-10)12(19)4-5-16-7-11(6-14-16)18(20)21/h6-8,10H,2-5H2,1H3. The van der Waals surface area contributed by atoms with Crippen LogP contribution in [0.4, 0.5) is 10.8 Å². The Labute approximate surface area is 130 Å². The summed E-state index contributed by atoms with van der Waals surface area (Å²) in [7, 11) is 0. The Morgan fingerprint density at radius 2 is 2.36 bits per heavy atom. The van der Waals surface area contributed by atoms with Gasteiger partial charge in [-0.2, -0.15) is 5.10 Å². The fraction of sp³-hybridized carbons (Fsp3) is 0.462. The molecule has 0 aliphatic heterocycles. The van der Waals surface area contributed by atoms with Gasteiger partial charge in [0.05, 0.1) is 10.6 Å². The number of aryl methyl sites for hydroxylation is 2. The maximum atomic E-state index is 12.5. The maximum Gasteiger partial charge on any atom is 0.306 e. The van der Waals surface area contributed by atoms with Gasteiger partial charge in [-0.15, -0.1) is 11.3 Å². The van der Waals surface area contributed by atoms with E-state index < -0.39 is 4.92 Å². The van der Waals surface area contributed by atoms with Crippen molar-refractivity contribution < 1.29 is 9.72 Å². The number of hydrogen-bond donors (Lipinski definition) is 0. The van der Waals surface area contributed by atoms with Crippen molar-refractivity contribution in [1.29, 1.82) is 0 Å². The predicted octanol–water partition coefficient (Wildman–Crippen LogP) is 2.14. The molecule has 2 aromatic rings. The highest BCUT2D eigenvalue weighted by molar-refractivity contribution is 7.14. The Bertz CT molecular complexity index is 706. The van der Waals surface area contributed by atoms with Crippen molar-refractivity contribution in [3.05, 3.63) is 33.6 Å². The van der Waals surface area contributed by atoms with Crippen LogP contribution in [-0.2, 0) is 11.3 Å². The van der Waals surface area contributed by atoms with E-state index in [1.807, 2.05) is 12.3 Å². The van der Waals surface area contributed by atoms with Gasteiger partial charge in [0.15, 0.2) is 5.13 Å². The summed E-state index contributed by atoms with van der Waals surface area (Å²) < 4.78 is 1.42. The molecule has 0 saturated heterocycles. The third-order valence-electron chi connectivity index (χ3n) is 3.38. The van der Waals surface area contributed by atoms with Crippen LogP contribution in [0.15, 0.2) is 17.8 Å². The molecule has 116 valence electrons. The van der Waals surface area contributed by atoms with E-state index in [9.17, 15) is 14.9 Å². The molecule has 2 heterocycles. The lowest BCUT2D eigenvalue weighted by Gasteiger charge is -2.19. The highest BCUT2D eigenvalue weighted by Gasteiger charge is 2.35. The van der Waals surface area contributed by atoms with Gasteiger partial charge in [0, 0.05) is 24.4 Å². The van der Waals surface area contributed by atoms with E-state index in [1.54, 1.807) is 4.90 Å².